The second kappa shape index (κ2) is 5.79. The second-order valence-electron chi connectivity index (χ2n) is 3.65. The molecule has 2 nitrogen and oxygen atoms in total. The van der Waals surface area contributed by atoms with Gasteiger partial charge in [-0.25, -0.2) is 8.78 Å². The summed E-state index contributed by atoms with van der Waals surface area (Å²) in [5.74, 6) is -4.12. The standard InChI is InChI=1S/C10H13F4NOS/c1-6-2-3-17-8(6)7(15)4-16-5-10(13,14)9(11)12/h2-3,7,9H,4-5,15H2,1H3. The summed E-state index contributed by atoms with van der Waals surface area (Å²) in [7, 11) is 0. The summed E-state index contributed by atoms with van der Waals surface area (Å²) in [5, 5.41) is 1.82. The van der Waals surface area contributed by atoms with Gasteiger partial charge in [0.15, 0.2) is 0 Å². The summed E-state index contributed by atoms with van der Waals surface area (Å²) in [4.78, 5) is 0.811. The normalized spacial score (nSPS) is 14.3. The van der Waals surface area contributed by atoms with Gasteiger partial charge in [0.2, 0.25) is 0 Å². The number of halogens is 4. The van der Waals surface area contributed by atoms with E-state index in [9.17, 15) is 17.6 Å². The van der Waals surface area contributed by atoms with Crippen molar-refractivity contribution in [2.24, 2.45) is 5.73 Å². The Hall–Kier alpha value is -0.660. The van der Waals surface area contributed by atoms with E-state index in [0.717, 1.165) is 10.4 Å². The first-order valence-electron chi connectivity index (χ1n) is 4.88. The van der Waals surface area contributed by atoms with Gasteiger partial charge in [0.1, 0.15) is 6.61 Å². The number of thiophene rings is 1. The van der Waals surface area contributed by atoms with Gasteiger partial charge in [-0.15, -0.1) is 11.3 Å². The van der Waals surface area contributed by atoms with E-state index >= 15 is 0 Å². The maximum atomic E-state index is 12.5. The van der Waals surface area contributed by atoms with E-state index in [4.69, 9.17) is 5.73 Å². The van der Waals surface area contributed by atoms with Crippen LogP contribution >= 0.6 is 11.3 Å². The number of rotatable bonds is 6. The Morgan fingerprint density at radius 3 is 2.59 bits per heavy atom. The molecule has 0 spiro atoms. The zero-order valence-corrected chi connectivity index (χ0v) is 9.95. The first kappa shape index (κ1) is 14.4. The lowest BCUT2D eigenvalue weighted by atomic mass is 10.2. The van der Waals surface area contributed by atoms with Crippen molar-refractivity contribution in [3.05, 3.63) is 21.9 Å². The molecular weight excluding hydrogens is 258 g/mol. The number of ether oxygens (including phenoxy) is 1. The van der Waals surface area contributed by atoms with Crippen LogP contribution in [0.1, 0.15) is 16.5 Å². The Balaban J connectivity index is 2.40. The largest absolute Gasteiger partial charge is 0.373 e. The van der Waals surface area contributed by atoms with Crippen LogP contribution in [0.25, 0.3) is 0 Å². The predicted octanol–water partition coefficient (Wildman–Crippen LogP) is 2.97. The van der Waals surface area contributed by atoms with Crippen LogP contribution < -0.4 is 5.73 Å². The van der Waals surface area contributed by atoms with Crippen molar-refractivity contribution in [1.82, 2.24) is 0 Å². The Morgan fingerprint density at radius 2 is 2.12 bits per heavy atom. The highest BCUT2D eigenvalue weighted by molar-refractivity contribution is 7.10. The number of nitrogens with two attached hydrogens (primary N) is 1. The van der Waals surface area contributed by atoms with Gasteiger partial charge in [0, 0.05) is 4.88 Å². The molecule has 1 aromatic heterocycles. The Kier molecular flexibility index (Phi) is 4.91. The molecular formula is C10H13F4NOS. The van der Waals surface area contributed by atoms with Crippen LogP contribution in [0.5, 0.6) is 0 Å². The molecule has 2 N–H and O–H groups in total. The summed E-state index contributed by atoms with van der Waals surface area (Å²) >= 11 is 1.38. The van der Waals surface area contributed by atoms with Crippen LogP contribution in [0.4, 0.5) is 17.6 Å². The van der Waals surface area contributed by atoms with E-state index in [2.05, 4.69) is 4.74 Å². The molecule has 0 fully saturated rings. The maximum Gasteiger partial charge on any atom is 0.330 e. The molecule has 17 heavy (non-hydrogen) atoms. The van der Waals surface area contributed by atoms with Gasteiger partial charge < -0.3 is 10.5 Å². The molecule has 0 radical (unpaired) electrons. The summed E-state index contributed by atoms with van der Waals surface area (Å²) in [5.41, 5.74) is 6.64. The number of alkyl halides is 4. The van der Waals surface area contributed by atoms with E-state index in [0.29, 0.717) is 0 Å². The zero-order valence-electron chi connectivity index (χ0n) is 9.13. The molecule has 0 amide bonds. The first-order valence-corrected chi connectivity index (χ1v) is 5.76. The second-order valence-corrected chi connectivity index (χ2v) is 4.60. The highest BCUT2D eigenvalue weighted by Crippen LogP contribution is 2.25. The molecule has 0 aromatic carbocycles. The highest BCUT2D eigenvalue weighted by atomic mass is 32.1. The van der Waals surface area contributed by atoms with Crippen molar-refractivity contribution in [3.8, 4) is 0 Å². The molecule has 1 rings (SSSR count). The van der Waals surface area contributed by atoms with Crippen LogP contribution in [-0.2, 0) is 4.74 Å². The molecule has 0 saturated carbocycles. The summed E-state index contributed by atoms with van der Waals surface area (Å²) in [6.07, 6.45) is -3.72. The molecule has 1 unspecified atom stereocenters. The Labute approximate surface area is 100 Å². The summed E-state index contributed by atoms with van der Waals surface area (Å²) in [6, 6.07) is 1.27. The van der Waals surface area contributed by atoms with E-state index in [-0.39, 0.29) is 6.61 Å². The van der Waals surface area contributed by atoms with E-state index in [1.807, 2.05) is 18.4 Å². The molecule has 0 bridgehead atoms. The molecule has 0 aliphatic rings. The Bertz CT molecular complexity index is 356. The fourth-order valence-corrected chi connectivity index (χ4v) is 2.14. The molecule has 98 valence electrons. The molecule has 1 atom stereocenters. The third kappa shape index (κ3) is 3.93. The van der Waals surface area contributed by atoms with Crippen LogP contribution in [0.2, 0.25) is 0 Å². The minimum absolute atomic E-state index is 0.205. The van der Waals surface area contributed by atoms with Crippen LogP contribution in [-0.4, -0.2) is 25.6 Å². The predicted molar refractivity (Wildman–Crippen MR) is 57.8 cm³/mol. The lowest BCUT2D eigenvalue weighted by Gasteiger charge is -2.17. The van der Waals surface area contributed by atoms with Gasteiger partial charge in [-0.05, 0) is 23.9 Å². The summed E-state index contributed by atoms with van der Waals surface area (Å²) in [6.45, 7) is 0.311. The van der Waals surface area contributed by atoms with Crippen molar-refractivity contribution in [3.63, 3.8) is 0 Å². The van der Waals surface area contributed by atoms with Crippen molar-refractivity contribution in [1.29, 1.82) is 0 Å². The fraction of sp³-hybridized carbons (Fsp3) is 0.600. The van der Waals surface area contributed by atoms with E-state index in [1.165, 1.54) is 11.3 Å². The molecule has 0 aliphatic heterocycles. The average molecular weight is 271 g/mol. The zero-order chi connectivity index (χ0) is 13.1. The molecule has 1 heterocycles. The number of hydrogen-bond acceptors (Lipinski definition) is 3. The third-order valence-electron chi connectivity index (χ3n) is 2.15. The van der Waals surface area contributed by atoms with Crippen molar-refractivity contribution >= 4 is 11.3 Å². The van der Waals surface area contributed by atoms with Crippen molar-refractivity contribution in [2.45, 2.75) is 25.3 Å². The molecule has 0 saturated heterocycles. The molecule has 7 heteroatoms. The molecule has 1 aromatic rings. The van der Waals surface area contributed by atoms with Gasteiger partial charge >= 0.3 is 12.3 Å². The van der Waals surface area contributed by atoms with E-state index < -0.39 is 25.0 Å². The topological polar surface area (TPSA) is 35.2 Å². The van der Waals surface area contributed by atoms with Gasteiger partial charge in [-0.1, -0.05) is 0 Å². The van der Waals surface area contributed by atoms with Crippen LogP contribution in [0.15, 0.2) is 11.4 Å². The first-order chi connectivity index (χ1) is 7.84. The third-order valence-corrected chi connectivity index (χ3v) is 3.30. The lowest BCUT2D eigenvalue weighted by Crippen LogP contribution is -2.33. The Morgan fingerprint density at radius 1 is 1.47 bits per heavy atom. The monoisotopic (exact) mass is 271 g/mol. The van der Waals surface area contributed by atoms with Crippen molar-refractivity contribution < 1.29 is 22.3 Å². The van der Waals surface area contributed by atoms with E-state index in [1.54, 1.807) is 0 Å². The quantitative estimate of drug-likeness (QED) is 0.807. The van der Waals surface area contributed by atoms with Gasteiger partial charge in [0.05, 0.1) is 12.6 Å². The highest BCUT2D eigenvalue weighted by Gasteiger charge is 2.41. The lowest BCUT2D eigenvalue weighted by molar-refractivity contribution is -0.166. The van der Waals surface area contributed by atoms with Crippen molar-refractivity contribution in [2.75, 3.05) is 13.2 Å². The average Bonchev–Trinajstić information content (AvgIpc) is 2.63. The number of aryl methyl sites for hydroxylation is 1. The van der Waals surface area contributed by atoms with Crippen LogP contribution in [0.3, 0.4) is 0 Å². The van der Waals surface area contributed by atoms with Gasteiger partial charge in [-0.2, -0.15) is 8.78 Å². The van der Waals surface area contributed by atoms with Gasteiger partial charge in [-0.3, -0.25) is 0 Å². The minimum Gasteiger partial charge on any atom is -0.373 e. The minimum atomic E-state index is -4.12. The maximum absolute atomic E-state index is 12.5. The smallest absolute Gasteiger partial charge is 0.330 e. The fourth-order valence-electron chi connectivity index (χ4n) is 1.22. The number of hydrogen-bond donors (Lipinski definition) is 1. The van der Waals surface area contributed by atoms with Gasteiger partial charge in [0.25, 0.3) is 0 Å². The summed E-state index contributed by atoms with van der Waals surface area (Å²) < 4.78 is 53.2. The molecule has 0 aliphatic carbocycles. The van der Waals surface area contributed by atoms with Crippen LogP contribution in [0, 0.1) is 6.92 Å². The SMILES string of the molecule is Cc1ccsc1C(N)COCC(F)(F)C(F)F.